The summed E-state index contributed by atoms with van der Waals surface area (Å²) < 4.78 is 5.45. The summed E-state index contributed by atoms with van der Waals surface area (Å²) in [5.74, 6) is 0.0442. The number of likely N-dealkylation sites (N-methyl/N-ethyl adjacent to an activating group) is 1. The summed E-state index contributed by atoms with van der Waals surface area (Å²) in [6.07, 6.45) is 2.55. The van der Waals surface area contributed by atoms with Crippen molar-refractivity contribution < 1.29 is 9.53 Å². The Morgan fingerprint density at radius 1 is 1.32 bits per heavy atom. The van der Waals surface area contributed by atoms with E-state index in [1.54, 1.807) is 0 Å². The number of amides is 1. The van der Waals surface area contributed by atoms with Crippen LogP contribution in [0.1, 0.15) is 32.3 Å². The lowest BCUT2D eigenvalue weighted by atomic mass is 10.0. The molecule has 0 aromatic heterocycles. The van der Waals surface area contributed by atoms with Gasteiger partial charge in [-0.15, -0.1) is 0 Å². The molecule has 0 unspecified atom stereocenters. The van der Waals surface area contributed by atoms with Crippen molar-refractivity contribution in [1.29, 1.82) is 0 Å². The lowest BCUT2D eigenvalue weighted by molar-refractivity contribution is -0.130. The summed E-state index contributed by atoms with van der Waals surface area (Å²) in [5.41, 5.74) is 1.31. The zero-order valence-corrected chi connectivity index (χ0v) is 13.8. The van der Waals surface area contributed by atoms with E-state index in [2.05, 4.69) is 48.3 Å². The number of rotatable bonds is 8. The average molecular weight is 304 g/mol. The monoisotopic (exact) mass is 304 g/mol. The van der Waals surface area contributed by atoms with Gasteiger partial charge < -0.3 is 10.1 Å². The van der Waals surface area contributed by atoms with Crippen molar-refractivity contribution in [2.75, 3.05) is 26.2 Å². The van der Waals surface area contributed by atoms with Crippen LogP contribution in [0, 0.1) is 0 Å². The first kappa shape index (κ1) is 17.0. The third-order valence-electron chi connectivity index (χ3n) is 4.38. The largest absolute Gasteiger partial charge is 0.368 e. The molecule has 1 aromatic rings. The summed E-state index contributed by atoms with van der Waals surface area (Å²) in [6.45, 7) is 7.71. The molecule has 122 valence electrons. The van der Waals surface area contributed by atoms with Gasteiger partial charge >= 0.3 is 0 Å². The fourth-order valence-electron chi connectivity index (χ4n) is 3.07. The number of carbonyl (C=O) groups excluding carboxylic acids is 1. The van der Waals surface area contributed by atoms with E-state index in [0.717, 1.165) is 32.4 Å². The lowest BCUT2D eigenvalue weighted by Gasteiger charge is -2.30. The second-order valence-corrected chi connectivity index (χ2v) is 5.81. The minimum atomic E-state index is -0.242. The number of carbonyl (C=O) groups is 1. The third-order valence-corrected chi connectivity index (χ3v) is 4.38. The van der Waals surface area contributed by atoms with Crippen molar-refractivity contribution in [3.05, 3.63) is 35.9 Å². The summed E-state index contributed by atoms with van der Waals surface area (Å²) in [5, 5.41) is 3.09. The maximum Gasteiger partial charge on any atom is 0.249 e. The van der Waals surface area contributed by atoms with E-state index >= 15 is 0 Å². The molecule has 1 N–H and O–H groups in total. The van der Waals surface area contributed by atoms with Crippen molar-refractivity contribution in [1.82, 2.24) is 10.2 Å². The number of hydrogen-bond donors (Lipinski definition) is 1. The highest BCUT2D eigenvalue weighted by Gasteiger charge is 2.25. The summed E-state index contributed by atoms with van der Waals surface area (Å²) in [4.78, 5) is 14.6. The SMILES string of the molecule is CCN(CC)[C@@H](CNC(=O)[C@H]1CCCO1)Cc1ccccc1. The van der Waals surface area contributed by atoms with Crippen molar-refractivity contribution in [3.63, 3.8) is 0 Å². The molecule has 1 heterocycles. The molecule has 22 heavy (non-hydrogen) atoms. The molecule has 1 saturated heterocycles. The highest BCUT2D eigenvalue weighted by atomic mass is 16.5. The summed E-state index contributed by atoms with van der Waals surface area (Å²) in [6, 6.07) is 10.8. The van der Waals surface area contributed by atoms with Gasteiger partial charge in [0.1, 0.15) is 6.10 Å². The van der Waals surface area contributed by atoms with Crippen LogP contribution in [0.2, 0.25) is 0 Å². The van der Waals surface area contributed by atoms with E-state index < -0.39 is 0 Å². The first-order chi connectivity index (χ1) is 10.7. The molecule has 0 aliphatic carbocycles. The van der Waals surface area contributed by atoms with Crippen LogP contribution in [0.5, 0.6) is 0 Å². The second-order valence-electron chi connectivity index (χ2n) is 5.81. The van der Waals surface area contributed by atoms with Gasteiger partial charge in [-0.1, -0.05) is 44.2 Å². The first-order valence-corrected chi connectivity index (χ1v) is 8.41. The molecule has 0 spiro atoms. The Labute approximate surface area is 133 Å². The first-order valence-electron chi connectivity index (χ1n) is 8.41. The van der Waals surface area contributed by atoms with Crippen LogP contribution in [0.25, 0.3) is 0 Å². The Balaban J connectivity index is 1.93. The van der Waals surface area contributed by atoms with Crippen LogP contribution in [0.3, 0.4) is 0 Å². The number of hydrogen-bond acceptors (Lipinski definition) is 3. The zero-order chi connectivity index (χ0) is 15.8. The van der Waals surface area contributed by atoms with Crippen molar-refractivity contribution in [2.24, 2.45) is 0 Å². The predicted molar refractivity (Wildman–Crippen MR) is 88.8 cm³/mol. The second kappa shape index (κ2) is 8.91. The third kappa shape index (κ3) is 4.82. The highest BCUT2D eigenvalue weighted by Crippen LogP contribution is 2.13. The van der Waals surface area contributed by atoms with E-state index in [4.69, 9.17) is 4.74 Å². The maximum absolute atomic E-state index is 12.1. The minimum absolute atomic E-state index is 0.0442. The Bertz CT molecular complexity index is 440. The van der Waals surface area contributed by atoms with E-state index in [9.17, 15) is 4.79 Å². The Hall–Kier alpha value is -1.39. The van der Waals surface area contributed by atoms with Gasteiger partial charge in [-0.05, 0) is 37.9 Å². The van der Waals surface area contributed by atoms with E-state index in [0.29, 0.717) is 19.2 Å². The highest BCUT2D eigenvalue weighted by molar-refractivity contribution is 5.80. The predicted octanol–water partition coefficient (Wildman–Crippen LogP) is 2.23. The summed E-state index contributed by atoms with van der Waals surface area (Å²) in [7, 11) is 0. The van der Waals surface area contributed by atoms with Crippen LogP contribution in [0.15, 0.2) is 30.3 Å². The lowest BCUT2D eigenvalue weighted by Crippen LogP contribution is -2.47. The smallest absolute Gasteiger partial charge is 0.249 e. The Morgan fingerprint density at radius 3 is 2.64 bits per heavy atom. The van der Waals surface area contributed by atoms with Crippen molar-refractivity contribution in [2.45, 2.75) is 45.3 Å². The molecular weight excluding hydrogens is 276 g/mol. The fourth-order valence-corrected chi connectivity index (χ4v) is 3.07. The molecule has 4 heteroatoms. The van der Waals surface area contributed by atoms with E-state index in [1.165, 1.54) is 5.56 Å². The molecule has 4 nitrogen and oxygen atoms in total. The number of nitrogens with zero attached hydrogens (tertiary/aromatic N) is 1. The molecule has 0 radical (unpaired) electrons. The van der Waals surface area contributed by atoms with Crippen LogP contribution < -0.4 is 5.32 Å². The number of benzene rings is 1. The van der Waals surface area contributed by atoms with Gasteiger partial charge in [0.15, 0.2) is 0 Å². The molecule has 2 rings (SSSR count). The molecule has 1 amide bonds. The van der Waals surface area contributed by atoms with Gasteiger partial charge in [0.25, 0.3) is 0 Å². The molecule has 1 fully saturated rings. The normalized spacial score (nSPS) is 19.3. The standard InChI is InChI=1S/C18H28N2O2/c1-3-20(4-2)16(13-15-9-6-5-7-10-15)14-19-18(21)17-11-8-12-22-17/h5-7,9-10,16-17H,3-4,8,11-14H2,1-2H3,(H,19,21)/t16-,17-/m1/s1. The van der Waals surface area contributed by atoms with Gasteiger partial charge in [0.05, 0.1) is 0 Å². The zero-order valence-electron chi connectivity index (χ0n) is 13.8. The minimum Gasteiger partial charge on any atom is -0.368 e. The van der Waals surface area contributed by atoms with E-state index in [1.807, 2.05) is 6.07 Å². The Morgan fingerprint density at radius 2 is 2.05 bits per heavy atom. The Kier molecular flexibility index (Phi) is 6.87. The number of ether oxygens (including phenoxy) is 1. The van der Waals surface area contributed by atoms with Gasteiger partial charge in [-0.2, -0.15) is 0 Å². The molecule has 0 bridgehead atoms. The van der Waals surface area contributed by atoms with Crippen LogP contribution in [-0.4, -0.2) is 49.2 Å². The van der Waals surface area contributed by atoms with Crippen LogP contribution in [-0.2, 0) is 16.0 Å². The average Bonchev–Trinajstić information content (AvgIpc) is 3.08. The molecule has 1 aliphatic rings. The molecule has 1 aliphatic heterocycles. The molecular formula is C18H28N2O2. The molecule has 2 atom stereocenters. The van der Waals surface area contributed by atoms with Gasteiger partial charge in [0.2, 0.25) is 5.91 Å². The van der Waals surface area contributed by atoms with Gasteiger partial charge in [0, 0.05) is 19.2 Å². The van der Waals surface area contributed by atoms with Crippen molar-refractivity contribution in [3.8, 4) is 0 Å². The van der Waals surface area contributed by atoms with Crippen LogP contribution >= 0.6 is 0 Å². The number of nitrogens with one attached hydrogen (secondary N) is 1. The topological polar surface area (TPSA) is 41.6 Å². The van der Waals surface area contributed by atoms with Crippen LogP contribution in [0.4, 0.5) is 0 Å². The molecule has 1 aromatic carbocycles. The van der Waals surface area contributed by atoms with E-state index in [-0.39, 0.29) is 12.0 Å². The van der Waals surface area contributed by atoms with Crippen molar-refractivity contribution >= 4 is 5.91 Å². The molecule has 0 saturated carbocycles. The fraction of sp³-hybridized carbons (Fsp3) is 0.611. The maximum atomic E-state index is 12.1. The summed E-state index contributed by atoms with van der Waals surface area (Å²) >= 11 is 0. The van der Waals surface area contributed by atoms with Gasteiger partial charge in [-0.3, -0.25) is 9.69 Å². The van der Waals surface area contributed by atoms with Gasteiger partial charge in [-0.25, -0.2) is 0 Å². The quantitative estimate of drug-likeness (QED) is 0.801.